The van der Waals surface area contributed by atoms with E-state index in [-0.39, 0.29) is 10.9 Å². The zero-order valence-corrected chi connectivity index (χ0v) is 12.0. The number of aryl methyl sites for hydroxylation is 1. The summed E-state index contributed by atoms with van der Waals surface area (Å²) in [4.78, 5) is 4.47. The molecule has 20 heavy (non-hydrogen) atoms. The molecule has 0 saturated heterocycles. The number of rotatable bonds is 5. The summed E-state index contributed by atoms with van der Waals surface area (Å²) >= 11 is 0. The van der Waals surface area contributed by atoms with E-state index in [2.05, 4.69) is 15.2 Å². The summed E-state index contributed by atoms with van der Waals surface area (Å²) in [7, 11) is -3.52. The van der Waals surface area contributed by atoms with E-state index in [9.17, 15) is 8.42 Å². The molecule has 0 bridgehead atoms. The first kappa shape index (κ1) is 13.3. The minimum absolute atomic E-state index is 0.0799. The molecule has 0 spiro atoms. The number of pyridine rings is 1. The van der Waals surface area contributed by atoms with E-state index in [1.165, 1.54) is 10.5 Å². The van der Waals surface area contributed by atoms with Gasteiger partial charge in [-0.05, 0) is 31.9 Å². The van der Waals surface area contributed by atoms with Crippen LogP contribution in [0.15, 0.2) is 35.5 Å². The summed E-state index contributed by atoms with van der Waals surface area (Å²) in [5.74, 6) is 0. The molecule has 2 heterocycles. The molecule has 3 rings (SSSR count). The molecular weight excluding hydrogens is 276 g/mol. The average molecular weight is 292 g/mol. The van der Waals surface area contributed by atoms with Crippen molar-refractivity contribution in [1.29, 1.82) is 0 Å². The van der Waals surface area contributed by atoms with Crippen LogP contribution >= 0.6 is 0 Å². The Morgan fingerprint density at radius 1 is 1.40 bits per heavy atom. The second kappa shape index (κ2) is 4.99. The molecule has 0 aliphatic heterocycles. The molecule has 0 unspecified atom stereocenters. The number of hydrogen-bond donors (Lipinski definition) is 1. The van der Waals surface area contributed by atoms with Crippen LogP contribution in [0.4, 0.5) is 0 Å². The van der Waals surface area contributed by atoms with Crippen molar-refractivity contribution in [3.63, 3.8) is 0 Å². The van der Waals surface area contributed by atoms with E-state index in [0.29, 0.717) is 12.2 Å². The van der Waals surface area contributed by atoms with Crippen molar-refractivity contribution in [2.75, 3.05) is 0 Å². The van der Waals surface area contributed by atoms with Gasteiger partial charge in [0.15, 0.2) is 0 Å². The summed E-state index contributed by atoms with van der Waals surface area (Å²) in [5.41, 5.74) is 1.32. The monoisotopic (exact) mass is 292 g/mol. The Bertz CT molecular complexity index is 692. The molecule has 1 aliphatic rings. The highest BCUT2D eigenvalue weighted by Crippen LogP contribution is 2.33. The number of nitrogens with one attached hydrogen (secondary N) is 1. The summed E-state index contributed by atoms with van der Waals surface area (Å²) in [6, 6.07) is 5.60. The Labute approximate surface area is 117 Å². The summed E-state index contributed by atoms with van der Waals surface area (Å²) in [6.45, 7) is 2.02. The van der Waals surface area contributed by atoms with Crippen molar-refractivity contribution in [1.82, 2.24) is 19.5 Å². The molecule has 2 aromatic heterocycles. The number of aromatic nitrogens is 3. The van der Waals surface area contributed by atoms with E-state index in [1.54, 1.807) is 13.1 Å². The lowest BCUT2D eigenvalue weighted by molar-refractivity contribution is 0.394. The quantitative estimate of drug-likeness (QED) is 0.905. The fourth-order valence-electron chi connectivity index (χ4n) is 2.15. The molecule has 0 radical (unpaired) electrons. The highest BCUT2D eigenvalue weighted by atomic mass is 32.2. The van der Waals surface area contributed by atoms with E-state index < -0.39 is 10.0 Å². The lowest BCUT2D eigenvalue weighted by Crippen LogP contribution is -2.33. The molecular formula is C13H16N4O2S. The Morgan fingerprint density at radius 2 is 2.20 bits per heavy atom. The van der Waals surface area contributed by atoms with Crippen LogP contribution < -0.4 is 0 Å². The Hall–Kier alpha value is -1.73. The fraction of sp³-hybridized carbons (Fsp3) is 0.385. The van der Waals surface area contributed by atoms with Crippen molar-refractivity contribution in [3.8, 4) is 0 Å². The van der Waals surface area contributed by atoms with Gasteiger partial charge in [0.05, 0.1) is 24.1 Å². The number of nitrogens with zero attached hydrogens (tertiary/aromatic N) is 3. The molecule has 2 aromatic rings. The number of H-pyrrole nitrogens is 1. The smallest absolute Gasteiger partial charge is 0.247 e. The van der Waals surface area contributed by atoms with E-state index >= 15 is 0 Å². The van der Waals surface area contributed by atoms with Crippen LogP contribution in [-0.4, -0.2) is 33.9 Å². The Morgan fingerprint density at radius 3 is 2.75 bits per heavy atom. The molecule has 0 atom stereocenters. The van der Waals surface area contributed by atoms with Gasteiger partial charge in [-0.1, -0.05) is 6.07 Å². The van der Waals surface area contributed by atoms with Crippen molar-refractivity contribution in [3.05, 3.63) is 42.0 Å². The van der Waals surface area contributed by atoms with E-state index in [4.69, 9.17) is 0 Å². The standard InChI is InChI=1S/C13H16N4O2S/c1-10-13(8-15-16-10)20(18,19)17(12-5-6-12)9-11-4-2-3-7-14-11/h2-4,7-8,12H,5-6,9H2,1H3,(H,15,16). The summed E-state index contributed by atoms with van der Waals surface area (Å²) in [5, 5.41) is 6.49. The van der Waals surface area contributed by atoms with Crippen molar-refractivity contribution >= 4 is 10.0 Å². The number of sulfonamides is 1. The van der Waals surface area contributed by atoms with Crippen LogP contribution in [-0.2, 0) is 16.6 Å². The minimum atomic E-state index is -3.52. The maximum Gasteiger partial charge on any atom is 0.247 e. The minimum Gasteiger partial charge on any atom is -0.281 e. The molecule has 7 heteroatoms. The zero-order valence-electron chi connectivity index (χ0n) is 11.2. The third-order valence-corrected chi connectivity index (χ3v) is 5.38. The van der Waals surface area contributed by atoms with Gasteiger partial charge in [0, 0.05) is 12.2 Å². The third kappa shape index (κ3) is 2.46. The molecule has 1 saturated carbocycles. The SMILES string of the molecule is Cc1[nH]ncc1S(=O)(=O)N(Cc1ccccn1)C1CC1. The maximum atomic E-state index is 12.7. The Kier molecular flexibility index (Phi) is 3.31. The van der Waals surface area contributed by atoms with Crippen molar-refractivity contribution in [2.24, 2.45) is 0 Å². The van der Waals surface area contributed by atoms with Gasteiger partial charge in [-0.2, -0.15) is 9.40 Å². The summed E-state index contributed by atoms with van der Waals surface area (Å²) < 4.78 is 27.0. The van der Waals surface area contributed by atoms with Crippen LogP contribution in [0.25, 0.3) is 0 Å². The molecule has 1 N–H and O–H groups in total. The predicted octanol–water partition coefficient (Wildman–Crippen LogP) is 1.47. The molecule has 106 valence electrons. The van der Waals surface area contributed by atoms with Crippen LogP contribution in [0.2, 0.25) is 0 Å². The highest BCUT2D eigenvalue weighted by Gasteiger charge is 2.39. The predicted molar refractivity (Wildman–Crippen MR) is 73.3 cm³/mol. The first-order valence-electron chi connectivity index (χ1n) is 6.51. The van der Waals surface area contributed by atoms with Gasteiger partial charge in [0.2, 0.25) is 10.0 Å². The van der Waals surface area contributed by atoms with Crippen molar-refractivity contribution < 1.29 is 8.42 Å². The van der Waals surface area contributed by atoms with Gasteiger partial charge in [-0.25, -0.2) is 8.42 Å². The van der Waals surface area contributed by atoms with Crippen LogP contribution in [0.3, 0.4) is 0 Å². The lowest BCUT2D eigenvalue weighted by atomic mass is 10.3. The molecule has 1 fully saturated rings. The van der Waals surface area contributed by atoms with Gasteiger partial charge in [0.1, 0.15) is 4.90 Å². The molecule has 6 nitrogen and oxygen atoms in total. The molecule has 1 aliphatic carbocycles. The van der Waals surface area contributed by atoms with Crippen LogP contribution in [0.5, 0.6) is 0 Å². The van der Waals surface area contributed by atoms with Crippen LogP contribution in [0, 0.1) is 6.92 Å². The molecule has 0 amide bonds. The number of hydrogen-bond acceptors (Lipinski definition) is 4. The fourth-order valence-corrected chi connectivity index (χ4v) is 3.93. The molecule has 0 aromatic carbocycles. The lowest BCUT2D eigenvalue weighted by Gasteiger charge is -2.21. The van der Waals surface area contributed by atoms with Gasteiger partial charge in [-0.15, -0.1) is 0 Å². The first-order chi connectivity index (χ1) is 9.59. The van der Waals surface area contributed by atoms with Crippen molar-refractivity contribution in [2.45, 2.75) is 37.2 Å². The Balaban J connectivity index is 1.93. The third-order valence-electron chi connectivity index (χ3n) is 3.37. The van der Waals surface area contributed by atoms with Gasteiger partial charge in [-0.3, -0.25) is 10.1 Å². The topological polar surface area (TPSA) is 79.0 Å². The second-order valence-corrected chi connectivity index (χ2v) is 6.82. The van der Waals surface area contributed by atoms with E-state index in [1.807, 2.05) is 18.2 Å². The van der Waals surface area contributed by atoms with Gasteiger partial charge >= 0.3 is 0 Å². The van der Waals surface area contributed by atoms with E-state index in [0.717, 1.165) is 18.5 Å². The number of aromatic amines is 1. The normalized spacial score (nSPS) is 15.7. The largest absolute Gasteiger partial charge is 0.281 e. The summed E-state index contributed by atoms with van der Waals surface area (Å²) in [6.07, 6.45) is 4.86. The maximum absolute atomic E-state index is 12.7. The first-order valence-corrected chi connectivity index (χ1v) is 7.95. The second-order valence-electron chi connectivity index (χ2n) is 4.96. The zero-order chi connectivity index (χ0) is 14.2. The van der Waals surface area contributed by atoms with Crippen LogP contribution in [0.1, 0.15) is 24.2 Å². The van der Waals surface area contributed by atoms with Gasteiger partial charge in [0.25, 0.3) is 0 Å². The van der Waals surface area contributed by atoms with Gasteiger partial charge < -0.3 is 0 Å². The average Bonchev–Trinajstić information content (AvgIpc) is 3.18. The highest BCUT2D eigenvalue weighted by molar-refractivity contribution is 7.89.